The summed E-state index contributed by atoms with van der Waals surface area (Å²) >= 11 is 0. The Labute approximate surface area is 134 Å². The second-order valence-corrected chi connectivity index (χ2v) is 6.07. The van der Waals surface area contributed by atoms with Gasteiger partial charge >= 0.3 is 6.03 Å². The van der Waals surface area contributed by atoms with E-state index >= 15 is 0 Å². The van der Waals surface area contributed by atoms with E-state index in [1.165, 1.54) is 12.1 Å². The van der Waals surface area contributed by atoms with Crippen molar-refractivity contribution < 1.29 is 18.8 Å². The molecule has 0 bridgehead atoms. The summed E-state index contributed by atoms with van der Waals surface area (Å²) in [5.41, 5.74) is 0.748. The molecule has 6 nitrogen and oxygen atoms in total. The molecule has 0 unspecified atom stereocenters. The molecule has 0 aliphatic carbocycles. The Morgan fingerprint density at radius 1 is 1.39 bits per heavy atom. The van der Waals surface area contributed by atoms with Gasteiger partial charge in [-0.3, -0.25) is 14.5 Å². The van der Waals surface area contributed by atoms with Crippen LogP contribution in [0.1, 0.15) is 25.8 Å². The minimum atomic E-state index is -0.591. The summed E-state index contributed by atoms with van der Waals surface area (Å²) < 4.78 is 13.5. The molecule has 2 N–H and O–H groups in total. The maximum absolute atomic E-state index is 13.5. The fourth-order valence-electron chi connectivity index (χ4n) is 2.37. The zero-order valence-corrected chi connectivity index (χ0v) is 13.4. The minimum absolute atomic E-state index is 0.244. The summed E-state index contributed by atoms with van der Waals surface area (Å²) in [4.78, 5) is 36.8. The van der Waals surface area contributed by atoms with Crippen LogP contribution in [0.5, 0.6) is 0 Å². The van der Waals surface area contributed by atoms with Crippen LogP contribution in [0.15, 0.2) is 18.2 Å². The van der Waals surface area contributed by atoms with Crippen LogP contribution in [0.3, 0.4) is 0 Å². The second kappa shape index (κ2) is 6.76. The molecule has 1 aliphatic rings. The van der Waals surface area contributed by atoms with Crippen molar-refractivity contribution >= 4 is 23.5 Å². The van der Waals surface area contributed by atoms with Crippen molar-refractivity contribution in [3.8, 4) is 0 Å². The van der Waals surface area contributed by atoms with Gasteiger partial charge in [0.1, 0.15) is 18.4 Å². The second-order valence-electron chi connectivity index (χ2n) is 6.07. The Morgan fingerprint density at radius 2 is 2.09 bits per heavy atom. The van der Waals surface area contributed by atoms with Gasteiger partial charge in [-0.25, -0.2) is 9.18 Å². The predicted molar refractivity (Wildman–Crippen MR) is 83.3 cm³/mol. The van der Waals surface area contributed by atoms with Crippen molar-refractivity contribution in [1.82, 2.24) is 10.2 Å². The van der Waals surface area contributed by atoms with Crippen LogP contribution in [0.4, 0.5) is 14.9 Å². The molecule has 0 radical (unpaired) electrons. The molecular weight excluding hydrogens is 301 g/mol. The molecular formula is C16H20FN3O3. The van der Waals surface area contributed by atoms with Crippen molar-refractivity contribution in [3.05, 3.63) is 29.6 Å². The van der Waals surface area contributed by atoms with Crippen LogP contribution < -0.4 is 10.6 Å². The van der Waals surface area contributed by atoms with Crippen molar-refractivity contribution in [2.75, 3.05) is 11.9 Å². The predicted octanol–water partition coefficient (Wildman–Crippen LogP) is 2.04. The van der Waals surface area contributed by atoms with Gasteiger partial charge < -0.3 is 10.6 Å². The molecule has 124 valence electrons. The summed E-state index contributed by atoms with van der Waals surface area (Å²) in [5.74, 6) is -1.15. The third-order valence-corrected chi connectivity index (χ3v) is 3.57. The number of carbonyl (C=O) groups is 3. The van der Waals surface area contributed by atoms with Gasteiger partial charge in [0.25, 0.3) is 5.91 Å². The monoisotopic (exact) mass is 321 g/mol. The largest absolute Gasteiger partial charge is 0.326 e. The summed E-state index contributed by atoms with van der Waals surface area (Å²) in [6.07, 6.45) is 0.520. The average Bonchev–Trinajstić information content (AvgIpc) is 2.70. The summed E-state index contributed by atoms with van der Waals surface area (Å²) in [7, 11) is 0. The van der Waals surface area contributed by atoms with Crippen molar-refractivity contribution in [2.45, 2.75) is 33.2 Å². The number of carbonyl (C=O) groups excluding carboxylic acids is 3. The molecule has 7 heteroatoms. The van der Waals surface area contributed by atoms with E-state index in [1.807, 2.05) is 13.8 Å². The minimum Gasteiger partial charge on any atom is -0.326 e. The van der Waals surface area contributed by atoms with Crippen LogP contribution in [-0.2, 0) is 9.59 Å². The van der Waals surface area contributed by atoms with E-state index in [0.29, 0.717) is 12.0 Å². The smallest absolute Gasteiger partial charge is 0.325 e. The topological polar surface area (TPSA) is 78.5 Å². The molecule has 1 heterocycles. The Morgan fingerprint density at radius 3 is 2.70 bits per heavy atom. The summed E-state index contributed by atoms with van der Waals surface area (Å²) in [6.45, 7) is 5.11. The number of nitrogens with zero attached hydrogens (tertiary/aromatic N) is 1. The van der Waals surface area contributed by atoms with E-state index in [0.717, 1.165) is 4.90 Å². The maximum Gasteiger partial charge on any atom is 0.325 e. The lowest BCUT2D eigenvalue weighted by Gasteiger charge is -2.14. The van der Waals surface area contributed by atoms with Crippen LogP contribution in [-0.4, -0.2) is 35.3 Å². The normalized spacial score (nSPS) is 17.6. The molecule has 1 atom stereocenters. The molecule has 1 saturated heterocycles. The SMILES string of the molecule is Cc1ccc(NC(=O)CN2C(=O)N[C@H](CC(C)C)C2=O)cc1F. The number of hydrogen-bond acceptors (Lipinski definition) is 3. The van der Waals surface area contributed by atoms with Gasteiger partial charge in [0, 0.05) is 5.69 Å². The average molecular weight is 321 g/mol. The fraction of sp³-hybridized carbons (Fsp3) is 0.438. The first kappa shape index (κ1) is 16.9. The summed E-state index contributed by atoms with van der Waals surface area (Å²) in [5, 5.41) is 5.05. The molecule has 0 saturated carbocycles. The van der Waals surface area contributed by atoms with E-state index in [1.54, 1.807) is 13.0 Å². The zero-order valence-electron chi connectivity index (χ0n) is 13.4. The van der Waals surface area contributed by atoms with Gasteiger partial charge in [-0.1, -0.05) is 19.9 Å². The first-order chi connectivity index (χ1) is 10.8. The highest BCUT2D eigenvalue weighted by Gasteiger charge is 2.38. The van der Waals surface area contributed by atoms with Gasteiger partial charge in [0.05, 0.1) is 0 Å². The van der Waals surface area contributed by atoms with Gasteiger partial charge in [0.2, 0.25) is 5.91 Å². The number of halogens is 1. The number of rotatable bonds is 5. The van der Waals surface area contributed by atoms with E-state index in [2.05, 4.69) is 10.6 Å². The number of amides is 4. The number of benzene rings is 1. The lowest BCUT2D eigenvalue weighted by Crippen LogP contribution is -2.38. The maximum atomic E-state index is 13.5. The van der Waals surface area contributed by atoms with E-state index in [-0.39, 0.29) is 11.6 Å². The Hall–Kier alpha value is -2.44. The molecule has 0 aromatic heterocycles. The molecule has 4 amide bonds. The van der Waals surface area contributed by atoms with Gasteiger partial charge in [-0.15, -0.1) is 0 Å². The van der Waals surface area contributed by atoms with Crippen molar-refractivity contribution in [3.63, 3.8) is 0 Å². The first-order valence-corrected chi connectivity index (χ1v) is 7.45. The zero-order chi connectivity index (χ0) is 17.1. The van der Waals surface area contributed by atoms with Crippen molar-refractivity contribution in [1.29, 1.82) is 0 Å². The third-order valence-electron chi connectivity index (χ3n) is 3.57. The number of aryl methyl sites for hydroxylation is 1. The lowest BCUT2D eigenvalue weighted by atomic mass is 10.0. The van der Waals surface area contributed by atoms with Crippen LogP contribution in [0.2, 0.25) is 0 Å². The molecule has 1 aliphatic heterocycles. The number of nitrogens with one attached hydrogen (secondary N) is 2. The van der Waals surface area contributed by atoms with Gasteiger partial charge in [0.15, 0.2) is 0 Å². The standard InChI is InChI=1S/C16H20FN3O3/c1-9(2)6-13-15(22)20(16(23)19-13)8-14(21)18-11-5-4-10(3)12(17)7-11/h4-5,7,9,13H,6,8H2,1-3H3,(H,18,21)(H,19,23)/t13-/m1/s1. The molecule has 2 rings (SSSR count). The molecule has 1 aromatic rings. The highest BCUT2D eigenvalue weighted by atomic mass is 19.1. The summed E-state index contributed by atoms with van der Waals surface area (Å²) in [6, 6.07) is 3.12. The molecule has 1 fully saturated rings. The highest BCUT2D eigenvalue weighted by Crippen LogP contribution is 2.16. The van der Waals surface area contributed by atoms with Crippen molar-refractivity contribution in [2.24, 2.45) is 5.92 Å². The fourth-order valence-corrected chi connectivity index (χ4v) is 2.37. The number of imide groups is 1. The van der Waals surface area contributed by atoms with Crippen LogP contribution in [0.25, 0.3) is 0 Å². The number of anilines is 1. The quantitative estimate of drug-likeness (QED) is 0.815. The van der Waals surface area contributed by atoms with Crippen LogP contribution >= 0.6 is 0 Å². The van der Waals surface area contributed by atoms with Gasteiger partial charge in [-0.05, 0) is 37.0 Å². The van der Waals surface area contributed by atoms with E-state index in [4.69, 9.17) is 0 Å². The third kappa shape index (κ3) is 4.06. The highest BCUT2D eigenvalue weighted by molar-refractivity contribution is 6.07. The Bertz CT molecular complexity index is 645. The van der Waals surface area contributed by atoms with E-state index < -0.39 is 36.2 Å². The van der Waals surface area contributed by atoms with Crippen LogP contribution in [0, 0.1) is 18.7 Å². The molecule has 1 aromatic carbocycles. The van der Waals surface area contributed by atoms with E-state index in [9.17, 15) is 18.8 Å². The first-order valence-electron chi connectivity index (χ1n) is 7.45. The molecule has 23 heavy (non-hydrogen) atoms. The Balaban J connectivity index is 1.98. The lowest BCUT2D eigenvalue weighted by molar-refractivity contribution is -0.131. The molecule has 0 spiro atoms. The van der Waals surface area contributed by atoms with Gasteiger partial charge in [-0.2, -0.15) is 0 Å². The number of hydrogen-bond donors (Lipinski definition) is 2. The number of urea groups is 1. The Kier molecular flexibility index (Phi) is 4.98.